The number of aromatic nitrogens is 3. The summed E-state index contributed by atoms with van der Waals surface area (Å²) in [6, 6.07) is 11.7. The van der Waals surface area contributed by atoms with Crippen LogP contribution in [0, 0.1) is 11.8 Å². The third kappa shape index (κ3) is 3.49. The van der Waals surface area contributed by atoms with E-state index in [-0.39, 0.29) is 0 Å². The van der Waals surface area contributed by atoms with Crippen LogP contribution in [-0.2, 0) is 13.0 Å². The molecule has 142 valence electrons. The van der Waals surface area contributed by atoms with Crippen LogP contribution in [0.5, 0.6) is 0 Å². The topological polar surface area (TPSA) is 53.6 Å². The Balaban J connectivity index is 1.56. The van der Waals surface area contributed by atoms with Crippen molar-refractivity contribution in [3.8, 4) is 23.1 Å². The maximum Gasteiger partial charge on any atom is 0.138 e. The molecule has 0 saturated heterocycles. The lowest BCUT2D eigenvalue weighted by molar-refractivity contribution is 0.628. The normalized spacial score (nSPS) is 13.0. The third-order valence-corrected chi connectivity index (χ3v) is 5.67. The van der Waals surface area contributed by atoms with Gasteiger partial charge in [-0.1, -0.05) is 47.2 Å². The summed E-state index contributed by atoms with van der Waals surface area (Å²) in [5, 5.41) is 5.39. The zero-order chi connectivity index (χ0) is 19.8. The quantitative estimate of drug-likeness (QED) is 0.428. The Morgan fingerprint density at radius 1 is 1.03 bits per heavy atom. The molecule has 4 heterocycles. The smallest absolute Gasteiger partial charge is 0.138 e. The van der Waals surface area contributed by atoms with Gasteiger partial charge in [-0.25, -0.2) is 4.98 Å². The Morgan fingerprint density at radius 3 is 2.76 bits per heavy atom. The Morgan fingerprint density at radius 2 is 1.90 bits per heavy atom. The molecule has 0 aliphatic carbocycles. The van der Waals surface area contributed by atoms with Gasteiger partial charge in [0.1, 0.15) is 5.65 Å². The Hall–Kier alpha value is -2.84. The predicted octanol–water partition coefficient (Wildman–Crippen LogP) is 4.98. The molecule has 29 heavy (non-hydrogen) atoms. The van der Waals surface area contributed by atoms with Gasteiger partial charge in [-0.3, -0.25) is 4.98 Å². The van der Waals surface area contributed by atoms with Gasteiger partial charge in [0, 0.05) is 29.9 Å². The van der Waals surface area contributed by atoms with Gasteiger partial charge in [0.05, 0.1) is 32.6 Å². The van der Waals surface area contributed by atoms with E-state index >= 15 is 0 Å². The van der Waals surface area contributed by atoms with Crippen molar-refractivity contribution >= 4 is 34.2 Å². The fraction of sp³-hybridized carbons (Fsp3) is 0.130. The molecule has 4 aromatic rings. The molecule has 1 aliphatic heterocycles. The summed E-state index contributed by atoms with van der Waals surface area (Å²) in [7, 11) is 0. The molecule has 0 fully saturated rings. The van der Waals surface area contributed by atoms with E-state index in [9.17, 15) is 0 Å². The molecule has 3 aromatic heterocycles. The number of fused-ring (bicyclic) bond motifs is 2. The highest BCUT2D eigenvalue weighted by molar-refractivity contribution is 6.36. The molecular formula is C23H16Cl2N4. The molecule has 0 spiro atoms. The van der Waals surface area contributed by atoms with Crippen LogP contribution < -0.4 is 5.32 Å². The number of rotatable bonds is 1. The third-order valence-electron chi connectivity index (χ3n) is 5.04. The van der Waals surface area contributed by atoms with Gasteiger partial charge >= 0.3 is 0 Å². The highest BCUT2D eigenvalue weighted by Gasteiger charge is 2.13. The van der Waals surface area contributed by atoms with Crippen LogP contribution in [0.25, 0.3) is 22.3 Å². The van der Waals surface area contributed by atoms with Crippen LogP contribution in [-0.4, -0.2) is 21.5 Å². The first-order chi connectivity index (χ1) is 14.2. The Labute approximate surface area is 178 Å². The van der Waals surface area contributed by atoms with E-state index in [1.165, 1.54) is 5.56 Å². The number of halogens is 2. The highest BCUT2D eigenvalue weighted by atomic mass is 35.5. The molecule has 1 aliphatic rings. The van der Waals surface area contributed by atoms with Crippen molar-refractivity contribution in [3.05, 3.63) is 81.2 Å². The molecule has 0 bridgehead atoms. The van der Waals surface area contributed by atoms with Crippen LogP contribution in [0.1, 0.15) is 22.4 Å². The molecule has 4 nitrogen and oxygen atoms in total. The molecule has 1 aromatic carbocycles. The summed E-state index contributed by atoms with van der Waals surface area (Å²) in [4.78, 5) is 12.6. The number of benzene rings is 1. The van der Waals surface area contributed by atoms with E-state index in [2.05, 4.69) is 45.3 Å². The van der Waals surface area contributed by atoms with Gasteiger partial charge in [0.15, 0.2) is 0 Å². The molecule has 0 unspecified atom stereocenters. The van der Waals surface area contributed by atoms with Crippen molar-refractivity contribution in [1.82, 2.24) is 20.3 Å². The van der Waals surface area contributed by atoms with Gasteiger partial charge in [-0.15, -0.1) is 0 Å². The minimum Gasteiger partial charge on any atom is -0.345 e. The van der Waals surface area contributed by atoms with Gasteiger partial charge < -0.3 is 10.3 Å². The van der Waals surface area contributed by atoms with E-state index in [1.807, 2.05) is 12.4 Å². The van der Waals surface area contributed by atoms with Crippen molar-refractivity contribution in [3.63, 3.8) is 0 Å². The van der Waals surface area contributed by atoms with E-state index in [1.54, 1.807) is 18.2 Å². The first-order valence-corrected chi connectivity index (χ1v) is 10.1. The van der Waals surface area contributed by atoms with Gasteiger partial charge in [0.25, 0.3) is 0 Å². The minimum absolute atomic E-state index is 0.538. The number of hydrogen-bond acceptors (Lipinski definition) is 3. The fourth-order valence-electron chi connectivity index (χ4n) is 3.50. The lowest BCUT2D eigenvalue weighted by Crippen LogP contribution is -2.24. The lowest BCUT2D eigenvalue weighted by atomic mass is 10.0. The number of nitrogens with one attached hydrogen (secondary N) is 2. The second kappa shape index (κ2) is 7.53. The summed E-state index contributed by atoms with van der Waals surface area (Å²) in [6.45, 7) is 1.81. The number of H-pyrrole nitrogens is 1. The molecular weight excluding hydrogens is 403 g/mol. The van der Waals surface area contributed by atoms with Crippen molar-refractivity contribution in [2.45, 2.75) is 13.0 Å². The van der Waals surface area contributed by atoms with Crippen LogP contribution in [0.4, 0.5) is 0 Å². The zero-order valence-corrected chi connectivity index (χ0v) is 16.9. The Bertz CT molecular complexity index is 1280. The number of nitrogens with zero attached hydrogens (tertiary/aromatic N) is 2. The van der Waals surface area contributed by atoms with Crippen molar-refractivity contribution in [1.29, 1.82) is 0 Å². The summed E-state index contributed by atoms with van der Waals surface area (Å²) in [6.07, 6.45) is 4.71. The highest BCUT2D eigenvalue weighted by Crippen LogP contribution is 2.26. The molecule has 5 rings (SSSR count). The lowest BCUT2D eigenvalue weighted by Gasteiger charge is -2.16. The molecule has 0 saturated carbocycles. The number of pyridine rings is 2. The average Bonchev–Trinajstić information content (AvgIpc) is 3.15. The Kier molecular flexibility index (Phi) is 4.73. The average molecular weight is 419 g/mol. The summed E-state index contributed by atoms with van der Waals surface area (Å²) in [5.74, 6) is 6.26. The van der Waals surface area contributed by atoms with Crippen LogP contribution in [0.2, 0.25) is 10.0 Å². The predicted molar refractivity (Wildman–Crippen MR) is 117 cm³/mol. The van der Waals surface area contributed by atoms with Crippen molar-refractivity contribution in [2.75, 3.05) is 6.54 Å². The monoisotopic (exact) mass is 418 g/mol. The van der Waals surface area contributed by atoms with Crippen LogP contribution >= 0.6 is 23.2 Å². The van der Waals surface area contributed by atoms with Gasteiger partial charge in [-0.05, 0) is 42.8 Å². The second-order valence-corrected chi connectivity index (χ2v) is 7.71. The van der Waals surface area contributed by atoms with E-state index < -0.39 is 0 Å². The summed E-state index contributed by atoms with van der Waals surface area (Å²) < 4.78 is 0. The molecule has 0 amide bonds. The van der Waals surface area contributed by atoms with Crippen molar-refractivity contribution < 1.29 is 0 Å². The maximum absolute atomic E-state index is 6.23. The second-order valence-electron chi connectivity index (χ2n) is 6.90. The SMILES string of the molecule is Clc1cccc(Cl)c1C#Cc1c[nH]c2ncc(-c3ccc4c(n3)CNCC4)cc12. The first-order valence-electron chi connectivity index (χ1n) is 9.32. The summed E-state index contributed by atoms with van der Waals surface area (Å²) >= 11 is 12.5. The maximum atomic E-state index is 6.23. The van der Waals surface area contributed by atoms with Gasteiger partial charge in [-0.2, -0.15) is 0 Å². The van der Waals surface area contributed by atoms with E-state index in [0.29, 0.717) is 15.6 Å². The van der Waals surface area contributed by atoms with Crippen LogP contribution in [0.15, 0.2) is 48.8 Å². The van der Waals surface area contributed by atoms with Gasteiger partial charge in [0.2, 0.25) is 0 Å². The number of hydrogen-bond donors (Lipinski definition) is 2. The number of aromatic amines is 1. The van der Waals surface area contributed by atoms with E-state index in [0.717, 1.165) is 53.1 Å². The molecule has 0 radical (unpaired) electrons. The van der Waals surface area contributed by atoms with E-state index in [4.69, 9.17) is 28.2 Å². The fourth-order valence-corrected chi connectivity index (χ4v) is 3.99. The largest absolute Gasteiger partial charge is 0.345 e. The molecule has 0 atom stereocenters. The summed E-state index contributed by atoms with van der Waals surface area (Å²) in [5.41, 5.74) is 6.54. The molecule has 6 heteroatoms. The first kappa shape index (κ1) is 18.2. The molecule has 2 N–H and O–H groups in total. The van der Waals surface area contributed by atoms with Crippen LogP contribution in [0.3, 0.4) is 0 Å². The zero-order valence-electron chi connectivity index (χ0n) is 15.4. The van der Waals surface area contributed by atoms with Crippen molar-refractivity contribution in [2.24, 2.45) is 0 Å². The minimum atomic E-state index is 0.538. The standard InChI is InChI=1S/C23H16Cl2N4/c24-19-2-1-3-20(25)17(19)6-4-15-11-27-23-18(15)10-16(12-28-23)21-7-5-14-8-9-26-13-22(14)29-21/h1-3,5,7,10-12,26H,8-9,13H2,(H,27,28).